The number of anilines is 1. The summed E-state index contributed by atoms with van der Waals surface area (Å²) in [5.74, 6) is -0.276. The Balaban J connectivity index is 1.61. The number of nitrogens with zero attached hydrogens (tertiary/aromatic N) is 3. The first kappa shape index (κ1) is 28.2. The number of rotatable bonds is 7. The van der Waals surface area contributed by atoms with Crippen LogP contribution in [0.2, 0.25) is 10.0 Å². The standard InChI is InChI=1S/C28H34Cl2N4O4/c1-18(2)34(17-25(35)33-12-10-22(11-13-33)38-27(37)32(3)4)28(16-19-6-5-7-20(29)14-19)23-9-8-21(30)15-24(23)31-26(28)36/h5-9,14-15,18,22H,10-13,16-17H2,1-4H3,(H,31,36). The lowest BCUT2D eigenvalue weighted by Crippen LogP contribution is -2.58. The van der Waals surface area contributed by atoms with Gasteiger partial charge >= 0.3 is 6.09 Å². The lowest BCUT2D eigenvalue weighted by molar-refractivity contribution is -0.140. The zero-order valence-corrected chi connectivity index (χ0v) is 23.7. The molecule has 2 heterocycles. The van der Waals surface area contributed by atoms with Crippen molar-refractivity contribution in [3.63, 3.8) is 0 Å². The minimum absolute atomic E-state index is 0.0515. The van der Waals surface area contributed by atoms with Crippen LogP contribution in [0.25, 0.3) is 0 Å². The first-order valence-electron chi connectivity index (χ1n) is 12.8. The number of hydrogen-bond donors (Lipinski definition) is 1. The lowest BCUT2D eigenvalue weighted by Gasteiger charge is -2.43. The fraction of sp³-hybridized carbons (Fsp3) is 0.464. The summed E-state index contributed by atoms with van der Waals surface area (Å²) in [6, 6.07) is 12.7. The molecular formula is C28H34Cl2N4O4. The first-order chi connectivity index (χ1) is 18.0. The van der Waals surface area contributed by atoms with E-state index in [1.807, 2.05) is 43.0 Å². The molecule has 1 unspecified atom stereocenters. The van der Waals surface area contributed by atoms with Gasteiger partial charge in [0.2, 0.25) is 11.8 Å². The second kappa shape index (κ2) is 11.5. The summed E-state index contributed by atoms with van der Waals surface area (Å²) in [5.41, 5.74) is 1.18. The fourth-order valence-corrected chi connectivity index (χ4v) is 5.69. The fourth-order valence-electron chi connectivity index (χ4n) is 5.31. The number of likely N-dealkylation sites (tertiary alicyclic amines) is 1. The summed E-state index contributed by atoms with van der Waals surface area (Å²) in [6.45, 7) is 4.99. The number of nitrogens with one attached hydrogen (secondary N) is 1. The van der Waals surface area contributed by atoms with E-state index in [9.17, 15) is 14.4 Å². The molecular weight excluding hydrogens is 527 g/mol. The first-order valence-corrected chi connectivity index (χ1v) is 13.5. The molecule has 3 amide bonds. The summed E-state index contributed by atoms with van der Waals surface area (Å²) in [7, 11) is 3.29. The average Bonchev–Trinajstić information content (AvgIpc) is 3.12. The van der Waals surface area contributed by atoms with Crippen LogP contribution in [0, 0.1) is 0 Å². The molecule has 2 aliphatic rings. The molecule has 0 spiro atoms. The molecule has 1 saturated heterocycles. The Bertz CT molecular complexity index is 1210. The van der Waals surface area contributed by atoms with Gasteiger partial charge in [0, 0.05) is 73.8 Å². The molecule has 8 nitrogen and oxygen atoms in total. The normalized spacial score (nSPS) is 19.5. The quantitative estimate of drug-likeness (QED) is 0.526. The third-order valence-corrected chi connectivity index (χ3v) is 7.72. The number of amides is 3. The van der Waals surface area contributed by atoms with Crippen molar-refractivity contribution in [2.24, 2.45) is 0 Å². The summed E-state index contributed by atoms with van der Waals surface area (Å²) < 4.78 is 5.50. The maximum atomic E-state index is 13.9. The molecule has 38 heavy (non-hydrogen) atoms. The number of fused-ring (bicyclic) bond motifs is 1. The molecule has 2 aromatic carbocycles. The molecule has 0 bridgehead atoms. The molecule has 0 aromatic heterocycles. The van der Waals surface area contributed by atoms with E-state index in [2.05, 4.69) is 5.32 Å². The molecule has 2 aliphatic heterocycles. The van der Waals surface area contributed by atoms with Crippen LogP contribution in [0.5, 0.6) is 0 Å². The number of benzene rings is 2. The second-order valence-electron chi connectivity index (χ2n) is 10.4. The van der Waals surface area contributed by atoms with Gasteiger partial charge in [-0.1, -0.05) is 41.4 Å². The van der Waals surface area contributed by atoms with Gasteiger partial charge in [-0.25, -0.2) is 4.79 Å². The molecule has 4 rings (SSSR count). The van der Waals surface area contributed by atoms with Crippen molar-refractivity contribution in [1.29, 1.82) is 0 Å². The van der Waals surface area contributed by atoms with Crippen LogP contribution in [0.1, 0.15) is 37.8 Å². The average molecular weight is 562 g/mol. The van der Waals surface area contributed by atoms with E-state index in [1.165, 1.54) is 4.90 Å². The van der Waals surface area contributed by atoms with Crippen molar-refractivity contribution in [2.75, 3.05) is 39.0 Å². The van der Waals surface area contributed by atoms with Gasteiger partial charge in [-0.15, -0.1) is 0 Å². The van der Waals surface area contributed by atoms with E-state index < -0.39 is 5.54 Å². The van der Waals surface area contributed by atoms with Crippen molar-refractivity contribution < 1.29 is 19.1 Å². The van der Waals surface area contributed by atoms with Crippen molar-refractivity contribution in [1.82, 2.24) is 14.7 Å². The molecule has 0 radical (unpaired) electrons. The van der Waals surface area contributed by atoms with Crippen molar-refractivity contribution in [3.05, 3.63) is 63.6 Å². The molecule has 1 fully saturated rings. The molecule has 1 atom stereocenters. The smallest absolute Gasteiger partial charge is 0.409 e. The van der Waals surface area contributed by atoms with Gasteiger partial charge in [-0.2, -0.15) is 0 Å². The minimum Gasteiger partial charge on any atom is -0.446 e. The Hall–Kier alpha value is -2.81. The van der Waals surface area contributed by atoms with E-state index in [0.717, 1.165) is 11.1 Å². The van der Waals surface area contributed by atoms with Crippen molar-refractivity contribution >= 4 is 46.8 Å². The summed E-state index contributed by atoms with van der Waals surface area (Å²) in [5, 5.41) is 4.11. The molecule has 0 saturated carbocycles. The molecule has 0 aliphatic carbocycles. The summed E-state index contributed by atoms with van der Waals surface area (Å²) in [6.07, 6.45) is 0.879. The molecule has 2 aromatic rings. The largest absolute Gasteiger partial charge is 0.446 e. The highest BCUT2D eigenvalue weighted by Crippen LogP contribution is 2.45. The maximum Gasteiger partial charge on any atom is 0.409 e. The zero-order chi connectivity index (χ0) is 27.6. The predicted molar refractivity (Wildman–Crippen MR) is 149 cm³/mol. The van der Waals surface area contributed by atoms with Gasteiger partial charge in [0.1, 0.15) is 11.6 Å². The van der Waals surface area contributed by atoms with Gasteiger partial charge < -0.3 is 19.9 Å². The van der Waals surface area contributed by atoms with Crippen LogP contribution in [0.3, 0.4) is 0 Å². The van der Waals surface area contributed by atoms with Crippen LogP contribution in [-0.2, 0) is 26.3 Å². The number of ether oxygens (including phenoxy) is 1. The number of hydrogen-bond acceptors (Lipinski definition) is 5. The Morgan fingerprint density at radius 3 is 2.42 bits per heavy atom. The number of piperidine rings is 1. The monoisotopic (exact) mass is 560 g/mol. The van der Waals surface area contributed by atoms with Gasteiger partial charge in [0.05, 0.1) is 6.54 Å². The van der Waals surface area contributed by atoms with Gasteiger partial charge in [0.25, 0.3) is 0 Å². The Kier molecular flexibility index (Phi) is 8.55. The lowest BCUT2D eigenvalue weighted by atomic mass is 9.82. The zero-order valence-electron chi connectivity index (χ0n) is 22.2. The van der Waals surface area contributed by atoms with Gasteiger partial charge in [-0.05, 0) is 43.7 Å². The van der Waals surface area contributed by atoms with E-state index in [-0.39, 0.29) is 36.6 Å². The van der Waals surface area contributed by atoms with E-state index in [4.69, 9.17) is 27.9 Å². The van der Waals surface area contributed by atoms with Crippen LogP contribution >= 0.6 is 23.2 Å². The van der Waals surface area contributed by atoms with Gasteiger partial charge in [0.15, 0.2) is 0 Å². The third kappa shape index (κ3) is 5.77. The SMILES string of the molecule is CC(C)N(CC(=O)N1CCC(OC(=O)N(C)C)CC1)C1(Cc2cccc(Cl)c2)C(=O)Nc2cc(Cl)ccc21. The Morgan fingerprint density at radius 2 is 1.79 bits per heavy atom. The predicted octanol–water partition coefficient (Wildman–Crippen LogP) is 4.78. The van der Waals surface area contributed by atoms with Crippen LogP contribution in [0.15, 0.2) is 42.5 Å². The topological polar surface area (TPSA) is 82.2 Å². The highest BCUT2D eigenvalue weighted by atomic mass is 35.5. The minimum atomic E-state index is -1.13. The highest BCUT2D eigenvalue weighted by Gasteiger charge is 2.52. The second-order valence-corrected chi connectivity index (χ2v) is 11.3. The van der Waals surface area contributed by atoms with Gasteiger partial charge in [-0.3, -0.25) is 14.5 Å². The van der Waals surface area contributed by atoms with E-state index in [0.29, 0.717) is 48.1 Å². The third-order valence-electron chi connectivity index (χ3n) is 7.25. The number of halogens is 2. The van der Waals surface area contributed by atoms with E-state index in [1.54, 1.807) is 37.2 Å². The molecule has 1 N–H and O–H groups in total. The van der Waals surface area contributed by atoms with E-state index >= 15 is 0 Å². The van der Waals surface area contributed by atoms with Crippen LogP contribution in [-0.4, -0.2) is 78.5 Å². The number of carbonyl (C=O) groups is 3. The summed E-state index contributed by atoms with van der Waals surface area (Å²) in [4.78, 5) is 44.6. The van der Waals surface area contributed by atoms with Crippen molar-refractivity contribution in [3.8, 4) is 0 Å². The van der Waals surface area contributed by atoms with Crippen LogP contribution < -0.4 is 5.32 Å². The molecule has 204 valence electrons. The Morgan fingerprint density at radius 1 is 1.11 bits per heavy atom. The maximum absolute atomic E-state index is 13.9. The Labute approximate surface area is 233 Å². The number of carbonyl (C=O) groups excluding carboxylic acids is 3. The molecule has 10 heteroatoms. The summed E-state index contributed by atoms with van der Waals surface area (Å²) >= 11 is 12.6. The van der Waals surface area contributed by atoms with Crippen molar-refractivity contribution in [2.45, 2.75) is 50.8 Å². The van der Waals surface area contributed by atoms with Crippen LogP contribution in [0.4, 0.5) is 10.5 Å². The highest BCUT2D eigenvalue weighted by molar-refractivity contribution is 6.31.